The Balaban J connectivity index is 1.66. The van der Waals surface area contributed by atoms with Gasteiger partial charge in [-0.15, -0.1) is 0 Å². The van der Waals surface area contributed by atoms with Gasteiger partial charge in [0.15, 0.2) is 6.29 Å². The summed E-state index contributed by atoms with van der Waals surface area (Å²) in [5.41, 5.74) is 3.87. The lowest BCUT2D eigenvalue weighted by molar-refractivity contribution is -0.328. The zero-order valence-corrected chi connectivity index (χ0v) is 14.3. The molecule has 5 bridgehead atoms. The van der Waals surface area contributed by atoms with Gasteiger partial charge in [-0.1, -0.05) is 25.1 Å². The van der Waals surface area contributed by atoms with E-state index in [0.29, 0.717) is 12.0 Å². The summed E-state index contributed by atoms with van der Waals surface area (Å²) in [6.45, 7) is 3.38. The Morgan fingerprint density at radius 2 is 2.21 bits per heavy atom. The van der Waals surface area contributed by atoms with Crippen molar-refractivity contribution in [2.75, 3.05) is 13.6 Å². The molecule has 4 heteroatoms. The number of nitrogens with zero attached hydrogens (tertiary/aromatic N) is 2. The Hall–Kier alpha value is -1.23. The van der Waals surface area contributed by atoms with Crippen LogP contribution < -0.4 is 0 Å². The largest absolute Gasteiger partial charge is 0.368 e. The Morgan fingerprint density at radius 3 is 3.04 bits per heavy atom. The van der Waals surface area contributed by atoms with Crippen molar-refractivity contribution in [2.45, 2.75) is 50.0 Å². The summed E-state index contributed by atoms with van der Waals surface area (Å²) in [6, 6.07) is 9.01. The van der Waals surface area contributed by atoms with Gasteiger partial charge in [0.25, 0.3) is 0 Å². The van der Waals surface area contributed by atoms with Gasteiger partial charge >= 0.3 is 0 Å². The smallest absolute Gasteiger partial charge is 0.159 e. The van der Waals surface area contributed by atoms with Crippen LogP contribution in [0, 0.1) is 17.3 Å². The summed E-state index contributed by atoms with van der Waals surface area (Å²) >= 11 is 0. The van der Waals surface area contributed by atoms with E-state index < -0.39 is 6.29 Å². The third-order valence-corrected chi connectivity index (χ3v) is 8.11. The van der Waals surface area contributed by atoms with Crippen molar-refractivity contribution in [1.29, 1.82) is 0 Å². The fourth-order valence-corrected chi connectivity index (χ4v) is 7.22. The number of para-hydroxylation sites is 1. The lowest BCUT2D eigenvalue weighted by atomic mass is 9.40. The number of ether oxygens (including phenoxy) is 1. The van der Waals surface area contributed by atoms with Gasteiger partial charge in [-0.25, -0.2) is 0 Å². The van der Waals surface area contributed by atoms with E-state index in [2.05, 4.69) is 43.1 Å². The molecule has 2 unspecified atom stereocenters. The number of benzene rings is 1. The van der Waals surface area contributed by atoms with Gasteiger partial charge in [0.05, 0.1) is 11.8 Å². The van der Waals surface area contributed by atoms with Crippen molar-refractivity contribution in [3.8, 4) is 0 Å². The molecule has 1 aromatic rings. The summed E-state index contributed by atoms with van der Waals surface area (Å²) in [5.74, 6) is 0.700. The Kier molecular flexibility index (Phi) is 2.40. The predicted octanol–water partition coefficient (Wildman–Crippen LogP) is 2.48. The van der Waals surface area contributed by atoms with Gasteiger partial charge in [0.1, 0.15) is 0 Å². The summed E-state index contributed by atoms with van der Waals surface area (Å²) in [6.07, 6.45) is 2.74. The van der Waals surface area contributed by atoms with Crippen LogP contribution >= 0.6 is 0 Å². The van der Waals surface area contributed by atoms with Gasteiger partial charge in [-0.05, 0) is 43.9 Å². The zero-order chi connectivity index (χ0) is 16.3. The van der Waals surface area contributed by atoms with E-state index >= 15 is 0 Å². The molecular formula is C20H24N2O2. The minimum absolute atomic E-state index is 0.0974. The normalized spacial score (nSPS) is 50.6. The fourth-order valence-electron chi connectivity index (χ4n) is 7.22. The molecule has 2 saturated carbocycles. The van der Waals surface area contributed by atoms with Gasteiger partial charge in [-0.3, -0.25) is 9.89 Å². The van der Waals surface area contributed by atoms with Crippen LogP contribution in [0.25, 0.3) is 0 Å². The van der Waals surface area contributed by atoms with Crippen molar-refractivity contribution in [1.82, 2.24) is 4.90 Å². The Labute approximate surface area is 142 Å². The molecule has 4 nitrogen and oxygen atoms in total. The van der Waals surface area contributed by atoms with E-state index in [9.17, 15) is 5.11 Å². The molecule has 0 amide bonds. The van der Waals surface area contributed by atoms with Crippen molar-refractivity contribution in [3.05, 3.63) is 29.8 Å². The Bertz CT molecular complexity index is 777. The molecule has 7 atom stereocenters. The van der Waals surface area contributed by atoms with Gasteiger partial charge in [-0.2, -0.15) is 0 Å². The first kappa shape index (κ1) is 14.0. The monoisotopic (exact) mass is 324 g/mol. The minimum atomic E-state index is -0.644. The number of rotatable bonds is 1. The molecule has 1 spiro atoms. The molecule has 7 rings (SSSR count). The second-order valence-corrected chi connectivity index (χ2v) is 8.59. The highest BCUT2D eigenvalue weighted by Crippen LogP contribution is 2.70. The standard InChI is InChI=1S/C20H24N2O2/c1-3-19-10-22(2)14-8-12(19)16-18(23)24-15(19)9-20(16)11-6-4-5-7-13(11)21-17(14)20/h4-7,12,14-16,18,23H,3,8-10H2,1-2H3/t12?,14-,15+,16-,18?,19+,20-/m0/s1. The van der Waals surface area contributed by atoms with E-state index in [4.69, 9.17) is 9.73 Å². The van der Waals surface area contributed by atoms with E-state index in [1.54, 1.807) is 0 Å². The first-order valence-electron chi connectivity index (χ1n) is 9.34. The number of aliphatic hydroxyl groups is 1. The second kappa shape index (κ2) is 4.12. The molecule has 0 aromatic heterocycles. The molecule has 3 saturated heterocycles. The maximum Gasteiger partial charge on any atom is 0.159 e. The van der Waals surface area contributed by atoms with Crippen LogP contribution in [0.5, 0.6) is 0 Å². The number of piperidine rings is 1. The van der Waals surface area contributed by atoms with Crippen LogP contribution in [0.2, 0.25) is 0 Å². The first-order valence-corrected chi connectivity index (χ1v) is 9.34. The van der Waals surface area contributed by atoms with E-state index in [1.165, 1.54) is 11.3 Å². The highest BCUT2D eigenvalue weighted by Gasteiger charge is 2.74. The summed E-state index contributed by atoms with van der Waals surface area (Å²) in [5, 5.41) is 10.9. The number of aliphatic imine (C=N–C) groups is 1. The van der Waals surface area contributed by atoms with E-state index in [-0.39, 0.29) is 22.9 Å². The number of hydrogen-bond acceptors (Lipinski definition) is 4. The topological polar surface area (TPSA) is 45.1 Å². The minimum Gasteiger partial charge on any atom is -0.368 e. The quantitative estimate of drug-likeness (QED) is 0.863. The summed E-state index contributed by atoms with van der Waals surface area (Å²) in [4.78, 5) is 7.64. The molecule has 1 aromatic carbocycles. The predicted molar refractivity (Wildman–Crippen MR) is 91.5 cm³/mol. The number of aliphatic hydroxyl groups excluding tert-OH is 1. The van der Waals surface area contributed by atoms with Crippen LogP contribution in [0.3, 0.4) is 0 Å². The maximum atomic E-state index is 10.9. The van der Waals surface area contributed by atoms with Crippen LogP contribution in [0.15, 0.2) is 29.3 Å². The highest BCUT2D eigenvalue weighted by molar-refractivity contribution is 6.07. The number of hydrogen-bond donors (Lipinski definition) is 1. The average molecular weight is 324 g/mol. The van der Waals surface area contributed by atoms with E-state index in [0.717, 1.165) is 31.5 Å². The highest BCUT2D eigenvalue weighted by atomic mass is 16.6. The van der Waals surface area contributed by atoms with Gasteiger partial charge in [0.2, 0.25) is 0 Å². The zero-order valence-electron chi connectivity index (χ0n) is 14.3. The van der Waals surface area contributed by atoms with Crippen molar-refractivity contribution in [3.63, 3.8) is 0 Å². The third-order valence-electron chi connectivity index (χ3n) is 8.11. The second-order valence-electron chi connectivity index (χ2n) is 8.59. The first-order chi connectivity index (χ1) is 11.6. The molecule has 0 radical (unpaired) electrons. The maximum absolute atomic E-state index is 10.9. The lowest BCUT2D eigenvalue weighted by Gasteiger charge is -2.72. The molecule has 1 N–H and O–H groups in total. The van der Waals surface area contributed by atoms with Crippen LogP contribution in [0.1, 0.15) is 31.7 Å². The molecule has 24 heavy (non-hydrogen) atoms. The summed E-state index contributed by atoms with van der Waals surface area (Å²) < 4.78 is 6.18. The lowest BCUT2D eigenvalue weighted by Crippen LogP contribution is -2.79. The van der Waals surface area contributed by atoms with E-state index in [1.807, 2.05) is 0 Å². The molecule has 4 heterocycles. The van der Waals surface area contributed by atoms with Crippen LogP contribution in [0.4, 0.5) is 5.69 Å². The SMILES string of the molecule is CC[C@@]12CN(C)[C@H]3CC1[C@H]1C(O)O[C@@H]2C[C@@]12C3=Nc1ccccc12. The molecule has 2 aliphatic carbocycles. The van der Waals surface area contributed by atoms with Gasteiger partial charge < -0.3 is 9.84 Å². The third kappa shape index (κ3) is 1.24. The van der Waals surface area contributed by atoms with Crippen molar-refractivity contribution in [2.24, 2.45) is 22.2 Å². The molecule has 5 fully saturated rings. The fraction of sp³-hybridized carbons (Fsp3) is 0.650. The Morgan fingerprint density at radius 1 is 1.38 bits per heavy atom. The average Bonchev–Trinajstić information content (AvgIpc) is 2.90. The molecule has 4 aliphatic heterocycles. The van der Waals surface area contributed by atoms with Crippen LogP contribution in [-0.4, -0.2) is 47.7 Å². The van der Waals surface area contributed by atoms with Crippen molar-refractivity contribution < 1.29 is 9.84 Å². The van der Waals surface area contributed by atoms with Gasteiger partial charge in [0, 0.05) is 35.0 Å². The van der Waals surface area contributed by atoms with Crippen molar-refractivity contribution >= 4 is 11.4 Å². The molecular weight excluding hydrogens is 300 g/mol. The number of fused-ring (bicyclic) bond motifs is 4. The van der Waals surface area contributed by atoms with Crippen LogP contribution in [-0.2, 0) is 10.2 Å². The molecule has 126 valence electrons. The summed E-state index contributed by atoms with van der Waals surface area (Å²) in [7, 11) is 2.25. The number of likely N-dealkylation sites (tertiary alicyclic amines) is 1. The molecule has 6 aliphatic rings.